The minimum Gasteiger partial charge on any atom is -0.379 e. The number of ether oxygens (including phenoxy) is 1. The quantitative estimate of drug-likeness (QED) is 0.803. The molecule has 0 aromatic rings. The molecule has 17 heavy (non-hydrogen) atoms. The van der Waals surface area contributed by atoms with Gasteiger partial charge in [-0.2, -0.15) is 0 Å². The highest BCUT2D eigenvalue weighted by molar-refractivity contribution is 4.88. The average molecular weight is 242 g/mol. The van der Waals surface area contributed by atoms with E-state index in [0.29, 0.717) is 12.1 Å². The van der Waals surface area contributed by atoms with Gasteiger partial charge in [-0.15, -0.1) is 0 Å². The van der Waals surface area contributed by atoms with E-state index in [9.17, 15) is 0 Å². The van der Waals surface area contributed by atoms with Gasteiger partial charge in [0, 0.05) is 25.7 Å². The topological polar surface area (TPSA) is 38.5 Å². The molecule has 0 aromatic carbocycles. The number of hydrogen-bond acceptors (Lipinski definition) is 3. The lowest BCUT2D eigenvalue weighted by Gasteiger charge is -2.44. The first-order valence-electron chi connectivity index (χ1n) is 6.92. The van der Waals surface area contributed by atoms with Crippen molar-refractivity contribution < 1.29 is 4.74 Å². The highest BCUT2D eigenvalue weighted by atomic mass is 16.5. The van der Waals surface area contributed by atoms with Crippen molar-refractivity contribution in [3.05, 3.63) is 0 Å². The number of nitrogens with zero attached hydrogens (tertiary/aromatic N) is 1. The largest absolute Gasteiger partial charge is 0.379 e. The number of piperidine rings is 1. The molecule has 3 nitrogen and oxygen atoms in total. The van der Waals surface area contributed by atoms with Crippen LogP contribution >= 0.6 is 0 Å². The van der Waals surface area contributed by atoms with Gasteiger partial charge in [0.25, 0.3) is 0 Å². The van der Waals surface area contributed by atoms with E-state index in [0.717, 1.165) is 18.9 Å². The normalized spacial score (nSPS) is 29.3. The molecule has 1 fully saturated rings. The number of rotatable bonds is 5. The van der Waals surface area contributed by atoms with Crippen LogP contribution in [-0.2, 0) is 4.74 Å². The lowest BCUT2D eigenvalue weighted by atomic mass is 9.88. The minimum absolute atomic E-state index is 0.0424. The van der Waals surface area contributed by atoms with E-state index in [2.05, 4.69) is 32.6 Å². The van der Waals surface area contributed by atoms with Crippen LogP contribution in [0, 0.1) is 5.92 Å². The van der Waals surface area contributed by atoms with E-state index >= 15 is 0 Å². The van der Waals surface area contributed by atoms with Crippen molar-refractivity contribution in [2.45, 2.75) is 64.6 Å². The molecule has 3 unspecified atom stereocenters. The third-order valence-electron chi connectivity index (χ3n) is 4.31. The molecule has 1 rings (SSSR count). The second-order valence-electron chi connectivity index (χ2n) is 6.18. The first-order valence-corrected chi connectivity index (χ1v) is 6.92. The standard InChI is InChI=1S/C14H30N2O/c1-11-7-6-8-16(13(11)10-15)12(2)9-14(3,4)17-5/h11-13H,6-10,15H2,1-5H3. The molecule has 102 valence electrons. The van der Waals surface area contributed by atoms with Crippen LogP contribution in [0.25, 0.3) is 0 Å². The molecular formula is C14H30N2O. The fourth-order valence-electron chi connectivity index (χ4n) is 3.11. The summed E-state index contributed by atoms with van der Waals surface area (Å²) < 4.78 is 5.54. The summed E-state index contributed by atoms with van der Waals surface area (Å²) in [5, 5.41) is 0. The Balaban J connectivity index is 2.63. The Morgan fingerprint density at radius 1 is 1.47 bits per heavy atom. The van der Waals surface area contributed by atoms with E-state index in [1.165, 1.54) is 19.4 Å². The van der Waals surface area contributed by atoms with Crippen LogP contribution in [0.3, 0.4) is 0 Å². The van der Waals surface area contributed by atoms with Crippen molar-refractivity contribution in [3.63, 3.8) is 0 Å². The van der Waals surface area contributed by atoms with Crippen LogP contribution < -0.4 is 5.73 Å². The number of methoxy groups -OCH3 is 1. The molecule has 0 saturated carbocycles. The van der Waals surface area contributed by atoms with Crippen LogP contribution in [0.4, 0.5) is 0 Å². The molecule has 3 atom stereocenters. The highest BCUT2D eigenvalue weighted by Crippen LogP contribution is 2.28. The van der Waals surface area contributed by atoms with Crippen LogP contribution in [0.1, 0.15) is 47.0 Å². The maximum absolute atomic E-state index is 5.95. The van der Waals surface area contributed by atoms with Gasteiger partial charge in [-0.05, 0) is 52.5 Å². The van der Waals surface area contributed by atoms with Gasteiger partial charge in [0.05, 0.1) is 5.60 Å². The summed E-state index contributed by atoms with van der Waals surface area (Å²) in [6.07, 6.45) is 3.68. The Morgan fingerprint density at radius 2 is 2.12 bits per heavy atom. The average Bonchev–Trinajstić information content (AvgIpc) is 2.28. The molecule has 0 radical (unpaired) electrons. The van der Waals surface area contributed by atoms with E-state index in [4.69, 9.17) is 10.5 Å². The molecule has 0 aliphatic carbocycles. The SMILES string of the molecule is COC(C)(C)CC(C)N1CCCC(C)C1CN. The molecular weight excluding hydrogens is 212 g/mol. The van der Waals surface area contributed by atoms with Gasteiger partial charge >= 0.3 is 0 Å². The predicted octanol–water partition coefficient (Wildman–Crippen LogP) is 2.25. The molecule has 0 spiro atoms. The molecule has 0 amide bonds. The number of nitrogens with two attached hydrogens (primary N) is 1. The maximum atomic E-state index is 5.95. The number of hydrogen-bond donors (Lipinski definition) is 1. The summed E-state index contributed by atoms with van der Waals surface area (Å²) in [5.41, 5.74) is 5.90. The van der Waals surface area contributed by atoms with Crippen LogP contribution in [0.5, 0.6) is 0 Å². The van der Waals surface area contributed by atoms with Gasteiger partial charge in [-0.3, -0.25) is 4.90 Å². The molecule has 3 heteroatoms. The van der Waals surface area contributed by atoms with Crippen molar-refractivity contribution in [2.75, 3.05) is 20.2 Å². The van der Waals surface area contributed by atoms with Crippen molar-refractivity contribution in [1.29, 1.82) is 0 Å². The molecule has 1 heterocycles. The molecule has 2 N–H and O–H groups in total. The van der Waals surface area contributed by atoms with Crippen LogP contribution in [-0.4, -0.2) is 42.8 Å². The Labute approximate surface area is 107 Å². The molecule has 1 saturated heterocycles. The fraction of sp³-hybridized carbons (Fsp3) is 1.00. The van der Waals surface area contributed by atoms with E-state index in [1.54, 1.807) is 7.11 Å². The van der Waals surface area contributed by atoms with Crippen LogP contribution in [0.2, 0.25) is 0 Å². The zero-order valence-electron chi connectivity index (χ0n) is 12.2. The molecule has 1 aliphatic rings. The van der Waals surface area contributed by atoms with E-state index in [1.807, 2.05) is 0 Å². The summed E-state index contributed by atoms with van der Waals surface area (Å²) in [6.45, 7) is 10.9. The predicted molar refractivity (Wildman–Crippen MR) is 73.1 cm³/mol. The van der Waals surface area contributed by atoms with Gasteiger partial charge in [0.15, 0.2) is 0 Å². The summed E-state index contributed by atoms with van der Waals surface area (Å²) >= 11 is 0. The monoisotopic (exact) mass is 242 g/mol. The maximum Gasteiger partial charge on any atom is 0.0637 e. The first-order chi connectivity index (χ1) is 7.91. The summed E-state index contributed by atoms with van der Waals surface area (Å²) in [5.74, 6) is 0.724. The van der Waals surface area contributed by atoms with Crippen molar-refractivity contribution in [2.24, 2.45) is 11.7 Å². The first kappa shape index (κ1) is 14.9. The second-order valence-corrected chi connectivity index (χ2v) is 6.18. The zero-order chi connectivity index (χ0) is 13.1. The van der Waals surface area contributed by atoms with Gasteiger partial charge in [0.1, 0.15) is 0 Å². The molecule has 0 bridgehead atoms. The highest BCUT2D eigenvalue weighted by Gasteiger charge is 2.32. The fourth-order valence-corrected chi connectivity index (χ4v) is 3.11. The van der Waals surface area contributed by atoms with Gasteiger partial charge in [0.2, 0.25) is 0 Å². The zero-order valence-corrected chi connectivity index (χ0v) is 12.2. The Morgan fingerprint density at radius 3 is 2.65 bits per heavy atom. The smallest absolute Gasteiger partial charge is 0.0637 e. The second kappa shape index (κ2) is 6.17. The van der Waals surface area contributed by atoms with Gasteiger partial charge < -0.3 is 10.5 Å². The molecule has 0 aromatic heterocycles. The Bertz CT molecular complexity index is 230. The van der Waals surface area contributed by atoms with Crippen LogP contribution in [0.15, 0.2) is 0 Å². The van der Waals surface area contributed by atoms with Gasteiger partial charge in [-0.25, -0.2) is 0 Å². The lowest BCUT2D eigenvalue weighted by molar-refractivity contribution is -0.0229. The van der Waals surface area contributed by atoms with E-state index < -0.39 is 0 Å². The van der Waals surface area contributed by atoms with Crippen molar-refractivity contribution in [1.82, 2.24) is 4.90 Å². The van der Waals surface area contributed by atoms with Gasteiger partial charge in [-0.1, -0.05) is 6.92 Å². The summed E-state index contributed by atoms with van der Waals surface area (Å²) in [4.78, 5) is 2.59. The third kappa shape index (κ3) is 3.94. The molecule has 1 aliphatic heterocycles. The Kier molecular flexibility index (Phi) is 5.42. The third-order valence-corrected chi connectivity index (χ3v) is 4.31. The minimum atomic E-state index is -0.0424. The van der Waals surface area contributed by atoms with Crippen molar-refractivity contribution >= 4 is 0 Å². The summed E-state index contributed by atoms with van der Waals surface area (Å²) in [6, 6.07) is 1.09. The Hall–Kier alpha value is -0.120. The van der Waals surface area contributed by atoms with E-state index in [-0.39, 0.29) is 5.60 Å². The summed E-state index contributed by atoms with van der Waals surface area (Å²) in [7, 11) is 1.80. The number of likely N-dealkylation sites (tertiary alicyclic amines) is 1. The van der Waals surface area contributed by atoms with Crippen molar-refractivity contribution in [3.8, 4) is 0 Å². The lowest BCUT2D eigenvalue weighted by Crippen LogP contribution is -2.53.